The summed E-state index contributed by atoms with van der Waals surface area (Å²) in [5.74, 6) is -0.816. The molecule has 0 bridgehead atoms. The first-order valence-corrected chi connectivity index (χ1v) is 7.31. The second-order valence-corrected chi connectivity index (χ2v) is 6.64. The lowest BCUT2D eigenvalue weighted by molar-refractivity contribution is -0.591. The number of alkyl halides is 3. The lowest BCUT2D eigenvalue weighted by Gasteiger charge is -2.39. The average Bonchev–Trinajstić information content (AvgIpc) is 2.75. The van der Waals surface area contributed by atoms with Gasteiger partial charge in [-0.2, -0.15) is 13.2 Å². The van der Waals surface area contributed by atoms with Gasteiger partial charge in [-0.1, -0.05) is 15.9 Å². The molecule has 1 aromatic carbocycles. The first-order valence-electron chi connectivity index (χ1n) is 6.52. The van der Waals surface area contributed by atoms with Crippen LogP contribution in [0.25, 0.3) is 0 Å². The van der Waals surface area contributed by atoms with Crippen molar-refractivity contribution in [1.82, 2.24) is 4.90 Å². The molecule has 1 saturated heterocycles. The van der Waals surface area contributed by atoms with Crippen molar-refractivity contribution in [2.45, 2.75) is 23.7 Å². The zero-order valence-electron chi connectivity index (χ0n) is 11.4. The summed E-state index contributed by atoms with van der Waals surface area (Å²) >= 11 is 3.25. The van der Waals surface area contributed by atoms with Crippen LogP contribution >= 0.6 is 15.9 Å². The number of fused-ring (bicyclic) bond motifs is 3. The highest BCUT2D eigenvalue weighted by Gasteiger charge is 2.73. The number of likely N-dealkylation sites (N-methyl/N-ethyl adjacent to an activating group) is 1. The fourth-order valence-electron chi connectivity index (χ4n) is 3.47. The zero-order valence-corrected chi connectivity index (χ0v) is 13.0. The molecule has 1 aromatic rings. The Bertz CT molecular complexity index is 639. The minimum absolute atomic E-state index is 0.0586. The number of nitrogens with zero attached hydrogens (tertiary/aromatic N) is 2. The minimum atomic E-state index is -4.82. The maximum Gasteiger partial charge on any atom is 0.432 e. The highest BCUT2D eigenvalue weighted by atomic mass is 79.9. The van der Waals surface area contributed by atoms with Crippen LogP contribution in [0, 0.1) is 10.1 Å². The molecular weight excluding hydrogens is 369 g/mol. The summed E-state index contributed by atoms with van der Waals surface area (Å²) in [7, 11) is 1.58. The van der Waals surface area contributed by atoms with Gasteiger partial charge in [-0.15, -0.1) is 0 Å². The number of likely N-dealkylation sites (tertiary alicyclic amines) is 1. The lowest BCUT2D eigenvalue weighted by Crippen LogP contribution is -2.64. The predicted molar refractivity (Wildman–Crippen MR) is 74.6 cm³/mol. The number of halogens is 4. The Labute approximate surface area is 132 Å². The molecule has 0 saturated carbocycles. The van der Waals surface area contributed by atoms with E-state index in [1.165, 1.54) is 6.07 Å². The molecule has 0 radical (unpaired) electrons. The van der Waals surface area contributed by atoms with Crippen LogP contribution in [0.2, 0.25) is 0 Å². The standard InChI is InChI=1S/C13H12BrF3N2O3/c1-18-5-9-8-4-7(14)2-3-10(8)22-11(13(15,16)17)12(9,6-18)19(20)21/h2-4,9,11H,5-6H2,1H3/t9-,11+,12+/m0/s1. The number of rotatable bonds is 1. The normalized spacial score (nSPS) is 31.3. The van der Waals surface area contributed by atoms with Gasteiger partial charge in [0.1, 0.15) is 5.75 Å². The van der Waals surface area contributed by atoms with E-state index in [4.69, 9.17) is 4.74 Å². The number of nitro groups is 1. The van der Waals surface area contributed by atoms with Crippen LogP contribution in [-0.4, -0.2) is 47.8 Å². The van der Waals surface area contributed by atoms with E-state index in [-0.39, 0.29) is 18.8 Å². The van der Waals surface area contributed by atoms with Crippen molar-refractivity contribution < 1.29 is 22.8 Å². The van der Waals surface area contributed by atoms with Crippen molar-refractivity contribution in [2.75, 3.05) is 20.1 Å². The fraction of sp³-hybridized carbons (Fsp3) is 0.538. The van der Waals surface area contributed by atoms with E-state index < -0.39 is 28.7 Å². The van der Waals surface area contributed by atoms with E-state index >= 15 is 0 Å². The number of hydrogen-bond acceptors (Lipinski definition) is 4. The van der Waals surface area contributed by atoms with Crippen molar-refractivity contribution in [2.24, 2.45) is 0 Å². The quantitative estimate of drug-likeness (QED) is 0.555. The first kappa shape index (κ1) is 15.5. The molecule has 3 rings (SSSR count). The third kappa shape index (κ3) is 2.10. The molecule has 22 heavy (non-hydrogen) atoms. The molecule has 3 atom stereocenters. The Hall–Kier alpha value is -1.35. The van der Waals surface area contributed by atoms with Gasteiger partial charge in [-0.3, -0.25) is 15.0 Å². The summed E-state index contributed by atoms with van der Waals surface area (Å²) in [5.41, 5.74) is -1.78. The van der Waals surface area contributed by atoms with E-state index in [0.29, 0.717) is 10.0 Å². The SMILES string of the molecule is CN1C[C@H]2c3cc(Br)ccc3O[C@@H](C(F)(F)F)[C@@]2([N+](=O)[O-])C1. The number of ether oxygens (including phenoxy) is 1. The second kappa shape index (κ2) is 4.82. The molecule has 2 aliphatic heterocycles. The highest BCUT2D eigenvalue weighted by Crippen LogP contribution is 2.52. The van der Waals surface area contributed by atoms with Crippen LogP contribution in [-0.2, 0) is 0 Å². The van der Waals surface area contributed by atoms with Crippen LogP contribution in [0.4, 0.5) is 13.2 Å². The summed E-state index contributed by atoms with van der Waals surface area (Å²) in [6.45, 7) is -0.124. The van der Waals surface area contributed by atoms with Gasteiger partial charge in [0.05, 0.1) is 12.5 Å². The molecule has 0 unspecified atom stereocenters. The van der Waals surface area contributed by atoms with Gasteiger partial charge in [0.2, 0.25) is 0 Å². The van der Waals surface area contributed by atoms with E-state index in [0.717, 1.165) is 0 Å². The molecule has 9 heteroatoms. The van der Waals surface area contributed by atoms with E-state index in [2.05, 4.69) is 15.9 Å². The maximum absolute atomic E-state index is 13.4. The highest BCUT2D eigenvalue weighted by molar-refractivity contribution is 9.10. The maximum atomic E-state index is 13.4. The molecule has 1 fully saturated rings. The van der Waals surface area contributed by atoms with E-state index in [1.807, 2.05) is 0 Å². The summed E-state index contributed by atoms with van der Waals surface area (Å²) < 4.78 is 46.0. The first-order chi connectivity index (χ1) is 10.2. The van der Waals surface area contributed by atoms with Crippen LogP contribution < -0.4 is 4.74 Å². The predicted octanol–water partition coefficient (Wildman–Crippen LogP) is 2.82. The van der Waals surface area contributed by atoms with Gasteiger partial charge in [0.15, 0.2) is 0 Å². The van der Waals surface area contributed by atoms with Gasteiger partial charge in [-0.25, -0.2) is 0 Å². The smallest absolute Gasteiger partial charge is 0.432 e. The summed E-state index contributed by atoms with van der Waals surface area (Å²) in [4.78, 5) is 12.4. The van der Waals surface area contributed by atoms with Crippen LogP contribution in [0.3, 0.4) is 0 Å². The fourth-order valence-corrected chi connectivity index (χ4v) is 3.85. The third-order valence-electron chi connectivity index (χ3n) is 4.30. The zero-order chi connectivity index (χ0) is 16.3. The topological polar surface area (TPSA) is 55.6 Å². The van der Waals surface area contributed by atoms with Gasteiger partial charge in [0, 0.05) is 21.5 Å². The third-order valence-corrected chi connectivity index (χ3v) is 4.80. The summed E-state index contributed by atoms with van der Waals surface area (Å²) in [6.07, 6.45) is -7.28. The van der Waals surface area contributed by atoms with Gasteiger partial charge >= 0.3 is 6.18 Å². The molecule has 0 N–H and O–H groups in total. The molecule has 0 aliphatic carbocycles. The molecule has 0 spiro atoms. The van der Waals surface area contributed by atoms with Gasteiger partial charge in [0.25, 0.3) is 11.6 Å². The molecule has 2 heterocycles. The molecule has 120 valence electrons. The van der Waals surface area contributed by atoms with Crippen molar-refractivity contribution in [1.29, 1.82) is 0 Å². The number of hydrogen-bond donors (Lipinski definition) is 0. The molecule has 0 aromatic heterocycles. The van der Waals surface area contributed by atoms with Gasteiger partial charge < -0.3 is 4.74 Å². The van der Waals surface area contributed by atoms with Crippen molar-refractivity contribution in [3.05, 3.63) is 38.3 Å². The van der Waals surface area contributed by atoms with E-state index in [9.17, 15) is 23.3 Å². The molecule has 5 nitrogen and oxygen atoms in total. The average molecular weight is 381 g/mol. The summed E-state index contributed by atoms with van der Waals surface area (Å²) in [5, 5.41) is 11.6. The Morgan fingerprint density at radius 2 is 2.18 bits per heavy atom. The Kier molecular flexibility index (Phi) is 3.41. The summed E-state index contributed by atoms with van der Waals surface area (Å²) in [6, 6.07) is 4.58. The van der Waals surface area contributed by atoms with Crippen molar-refractivity contribution >= 4 is 15.9 Å². The van der Waals surface area contributed by atoms with Crippen molar-refractivity contribution in [3.63, 3.8) is 0 Å². The van der Waals surface area contributed by atoms with Crippen molar-refractivity contribution in [3.8, 4) is 5.75 Å². The molecule has 0 amide bonds. The van der Waals surface area contributed by atoms with Crippen LogP contribution in [0.15, 0.2) is 22.7 Å². The Morgan fingerprint density at radius 1 is 1.50 bits per heavy atom. The Morgan fingerprint density at radius 3 is 2.77 bits per heavy atom. The Balaban J connectivity index is 2.23. The molecule has 2 aliphatic rings. The van der Waals surface area contributed by atoms with Gasteiger partial charge in [-0.05, 0) is 25.2 Å². The van der Waals surface area contributed by atoms with Crippen LogP contribution in [0.5, 0.6) is 5.75 Å². The lowest BCUT2D eigenvalue weighted by atomic mass is 9.75. The minimum Gasteiger partial charge on any atom is -0.473 e. The molecular formula is C13H12BrF3N2O3. The van der Waals surface area contributed by atoms with E-state index in [1.54, 1.807) is 24.1 Å². The largest absolute Gasteiger partial charge is 0.473 e. The van der Waals surface area contributed by atoms with Crippen LogP contribution in [0.1, 0.15) is 11.5 Å². The number of benzene rings is 1. The monoisotopic (exact) mass is 380 g/mol. The second-order valence-electron chi connectivity index (χ2n) is 5.72.